The summed E-state index contributed by atoms with van der Waals surface area (Å²) in [5, 5.41) is 11.0. The van der Waals surface area contributed by atoms with E-state index < -0.39 is 53.4 Å². The van der Waals surface area contributed by atoms with E-state index in [1.807, 2.05) is 19.9 Å². The molecule has 2 rings (SSSR count). The van der Waals surface area contributed by atoms with E-state index in [2.05, 4.69) is 59.0 Å². The number of sulfone groups is 1. The van der Waals surface area contributed by atoms with Gasteiger partial charge in [-0.05, 0) is 91.1 Å². The highest BCUT2D eigenvalue weighted by atomic mass is 32.2. The van der Waals surface area contributed by atoms with Gasteiger partial charge >= 0.3 is 5.97 Å². The van der Waals surface area contributed by atoms with Crippen molar-refractivity contribution in [2.75, 3.05) is 19.0 Å². The number of esters is 1. The fourth-order valence-electron chi connectivity index (χ4n) is 5.34. The van der Waals surface area contributed by atoms with Gasteiger partial charge in [-0.25, -0.2) is 8.42 Å². The minimum atomic E-state index is -3.68. The average molecular weight is 707 g/mol. The van der Waals surface area contributed by atoms with E-state index in [4.69, 9.17) is 18.6 Å². The van der Waals surface area contributed by atoms with E-state index in [-0.39, 0.29) is 28.9 Å². The van der Waals surface area contributed by atoms with Crippen LogP contribution in [-0.4, -0.2) is 70.9 Å². The van der Waals surface area contributed by atoms with E-state index in [9.17, 15) is 18.3 Å². The van der Waals surface area contributed by atoms with Gasteiger partial charge in [-0.3, -0.25) is 4.79 Å². The number of aliphatic hydroxyl groups is 1. The fraction of sp³-hybridized carbons (Fsp3) is 0.658. The molecular weight excluding hydrogens is 645 g/mol. The summed E-state index contributed by atoms with van der Waals surface area (Å²) < 4.78 is 50.1. The van der Waals surface area contributed by atoms with Crippen LogP contribution in [0.4, 0.5) is 0 Å². The van der Waals surface area contributed by atoms with Crippen molar-refractivity contribution in [2.24, 2.45) is 5.41 Å². The molecule has 272 valence electrons. The van der Waals surface area contributed by atoms with Crippen molar-refractivity contribution >= 4 is 24.1 Å². The fourth-order valence-corrected chi connectivity index (χ4v) is 7.77. The Balaban J connectivity index is 2.08. The Hall–Kier alpha value is -2.08. The van der Waals surface area contributed by atoms with E-state index >= 15 is 0 Å². The Morgan fingerprint density at radius 3 is 2.33 bits per heavy atom. The highest BCUT2D eigenvalue weighted by molar-refractivity contribution is 7.91. The minimum absolute atomic E-state index is 0.0855. The number of hydrogen-bond acceptors (Lipinski definition) is 8. The van der Waals surface area contributed by atoms with Gasteiger partial charge in [0.25, 0.3) is 0 Å². The van der Waals surface area contributed by atoms with Crippen LogP contribution in [0, 0.1) is 5.41 Å². The number of rotatable bonds is 17. The van der Waals surface area contributed by atoms with Gasteiger partial charge in [-0.2, -0.15) is 0 Å². The number of carbonyl (C=O) groups excluding carboxylic acids is 1. The van der Waals surface area contributed by atoms with Crippen LogP contribution in [0.25, 0.3) is 0 Å². The molecule has 0 aliphatic carbocycles. The van der Waals surface area contributed by atoms with Crippen LogP contribution in [-0.2, 0) is 33.3 Å². The SMILES string of the molecule is CCOC(=O)[C@@](C)(C/C=C(C)/C=C/CC/C=C(\C)CO[Si](C)(C)C(C)(C)C)[C@H]1C[C@@H](CC(O)CS(=O)(=O)c2ccccc2)OC(C)(C)O1. The number of allylic oxidation sites excluding steroid dienone is 5. The van der Waals surface area contributed by atoms with Crippen molar-refractivity contribution < 1.29 is 37.0 Å². The smallest absolute Gasteiger partial charge is 0.314 e. The van der Waals surface area contributed by atoms with Crippen LogP contribution in [0.3, 0.4) is 0 Å². The molecule has 1 aliphatic heterocycles. The molecule has 1 aromatic carbocycles. The van der Waals surface area contributed by atoms with Crippen molar-refractivity contribution in [3.8, 4) is 0 Å². The summed E-state index contributed by atoms with van der Waals surface area (Å²) in [6.45, 7) is 23.5. The quantitative estimate of drug-likeness (QED) is 0.0567. The molecule has 1 N–H and O–H groups in total. The Labute approximate surface area is 292 Å². The van der Waals surface area contributed by atoms with Crippen LogP contribution >= 0.6 is 0 Å². The van der Waals surface area contributed by atoms with Crippen molar-refractivity contribution in [2.45, 2.75) is 142 Å². The summed E-state index contributed by atoms with van der Waals surface area (Å²) in [5.74, 6) is -1.85. The first-order valence-electron chi connectivity index (χ1n) is 17.2. The molecule has 48 heavy (non-hydrogen) atoms. The predicted octanol–water partition coefficient (Wildman–Crippen LogP) is 8.33. The van der Waals surface area contributed by atoms with E-state index in [1.54, 1.807) is 39.0 Å². The van der Waals surface area contributed by atoms with E-state index in [0.29, 0.717) is 19.4 Å². The molecule has 0 aromatic heterocycles. The molecule has 4 atom stereocenters. The molecule has 0 spiro atoms. The summed E-state index contributed by atoms with van der Waals surface area (Å²) >= 11 is 0. The lowest BCUT2D eigenvalue weighted by molar-refractivity contribution is -0.318. The predicted molar refractivity (Wildman–Crippen MR) is 196 cm³/mol. The zero-order valence-electron chi connectivity index (χ0n) is 31.3. The number of hydrogen-bond donors (Lipinski definition) is 1. The Morgan fingerprint density at radius 1 is 1.08 bits per heavy atom. The summed E-state index contributed by atoms with van der Waals surface area (Å²) in [5.41, 5.74) is 1.24. The van der Waals surface area contributed by atoms with Gasteiger partial charge in [0.1, 0.15) is 0 Å². The van der Waals surface area contributed by atoms with Crippen molar-refractivity contribution in [3.63, 3.8) is 0 Å². The summed E-state index contributed by atoms with van der Waals surface area (Å²) in [6, 6.07) is 8.10. The zero-order chi connectivity index (χ0) is 36.4. The van der Waals surface area contributed by atoms with Gasteiger partial charge in [0.05, 0.1) is 47.6 Å². The van der Waals surface area contributed by atoms with Crippen molar-refractivity contribution in [1.82, 2.24) is 0 Å². The second kappa shape index (κ2) is 17.7. The van der Waals surface area contributed by atoms with Crippen LogP contribution in [0.15, 0.2) is 70.7 Å². The van der Waals surface area contributed by atoms with Crippen LogP contribution in [0.5, 0.6) is 0 Å². The molecule has 0 radical (unpaired) electrons. The summed E-state index contributed by atoms with van der Waals surface area (Å²) in [6.07, 6.45) is 8.79. The molecule has 10 heteroatoms. The molecule has 0 amide bonds. The molecule has 1 saturated heterocycles. The first-order valence-corrected chi connectivity index (χ1v) is 21.8. The molecular formula is C38H62O8SSi. The van der Waals surface area contributed by atoms with E-state index in [0.717, 1.165) is 18.4 Å². The van der Waals surface area contributed by atoms with Crippen molar-refractivity contribution in [1.29, 1.82) is 0 Å². The monoisotopic (exact) mass is 706 g/mol. The van der Waals surface area contributed by atoms with Gasteiger partial charge in [0, 0.05) is 12.8 Å². The van der Waals surface area contributed by atoms with E-state index in [1.165, 1.54) is 17.7 Å². The lowest BCUT2D eigenvalue weighted by Gasteiger charge is -2.46. The largest absolute Gasteiger partial charge is 0.465 e. The molecule has 1 heterocycles. The number of aliphatic hydroxyl groups excluding tert-OH is 1. The standard InChI is InChI=1S/C38H62O8SSi/c1-12-43-35(40)38(9,24-23-29(2)19-15-13-16-20-30(3)27-44-48(10,11)36(4,5)6)34-26-32(45-37(7,8)46-34)25-31(39)28-47(41,42)33-21-17-14-18-22-33/h14-15,17-23,31-32,34,39H,12-13,16,24-28H2,1-11H3/b19-15+,29-23+,30-20+/t31?,32-,34-,38+/m1/s1. The van der Waals surface area contributed by atoms with Gasteiger partial charge in [0.15, 0.2) is 23.9 Å². The Bertz CT molecular complexity index is 1370. The zero-order valence-corrected chi connectivity index (χ0v) is 33.1. The molecule has 0 bridgehead atoms. The maximum Gasteiger partial charge on any atom is 0.314 e. The molecule has 1 aromatic rings. The van der Waals surface area contributed by atoms with Gasteiger partial charge in [0.2, 0.25) is 0 Å². The minimum Gasteiger partial charge on any atom is -0.465 e. The van der Waals surface area contributed by atoms with Gasteiger partial charge in [-0.15, -0.1) is 0 Å². The second-order valence-electron chi connectivity index (χ2n) is 15.3. The molecule has 1 fully saturated rings. The number of benzene rings is 1. The topological polar surface area (TPSA) is 108 Å². The van der Waals surface area contributed by atoms with Gasteiger partial charge in [-0.1, -0.05) is 74.4 Å². The first kappa shape index (κ1) is 42.1. The molecule has 1 aliphatic rings. The summed E-state index contributed by atoms with van der Waals surface area (Å²) in [4.78, 5) is 13.6. The third-order valence-electron chi connectivity index (χ3n) is 9.38. The third-order valence-corrected chi connectivity index (χ3v) is 15.7. The Kier molecular flexibility index (Phi) is 15.5. The normalized spacial score (nSPS) is 21.6. The van der Waals surface area contributed by atoms with Gasteiger partial charge < -0.3 is 23.7 Å². The highest BCUT2D eigenvalue weighted by Gasteiger charge is 2.49. The van der Waals surface area contributed by atoms with Crippen LogP contribution in [0.1, 0.15) is 94.4 Å². The first-order chi connectivity index (χ1) is 22.1. The second-order valence-corrected chi connectivity index (χ2v) is 22.2. The van der Waals surface area contributed by atoms with Crippen molar-refractivity contribution in [3.05, 3.63) is 65.8 Å². The Morgan fingerprint density at radius 2 is 1.73 bits per heavy atom. The van der Waals surface area contributed by atoms with Crippen LogP contribution < -0.4 is 0 Å². The number of carbonyl (C=O) groups is 1. The highest BCUT2D eigenvalue weighted by Crippen LogP contribution is 2.41. The molecule has 8 nitrogen and oxygen atoms in total. The van der Waals surface area contributed by atoms with Crippen LogP contribution in [0.2, 0.25) is 18.1 Å². The number of ether oxygens (including phenoxy) is 3. The lowest BCUT2D eigenvalue weighted by Crippen LogP contribution is -2.54. The maximum absolute atomic E-state index is 13.5. The molecule has 0 saturated carbocycles. The average Bonchev–Trinajstić information content (AvgIpc) is 2.97. The summed E-state index contributed by atoms with van der Waals surface area (Å²) in [7, 11) is -5.45. The number of unbranched alkanes of at least 4 members (excludes halogenated alkanes) is 1. The maximum atomic E-state index is 13.5. The molecule has 1 unspecified atom stereocenters. The lowest BCUT2D eigenvalue weighted by atomic mass is 9.76. The third kappa shape index (κ3) is 13.0.